The van der Waals surface area contributed by atoms with E-state index in [4.69, 9.17) is 4.74 Å². The predicted octanol–water partition coefficient (Wildman–Crippen LogP) is 1.56. The average molecular weight is 420 g/mol. The smallest absolute Gasteiger partial charge is 0.312 e. The fourth-order valence-electron chi connectivity index (χ4n) is 3.64. The van der Waals surface area contributed by atoms with Crippen LogP contribution in [0.4, 0.5) is 11.4 Å². The molecule has 0 aliphatic carbocycles. The molecule has 0 fully saturated rings. The molecule has 0 bridgehead atoms. The molecule has 9 nitrogen and oxygen atoms in total. The van der Waals surface area contributed by atoms with Crippen molar-refractivity contribution in [2.75, 3.05) is 23.4 Å². The number of hydrogen-bond acceptors (Lipinski definition) is 6. The van der Waals surface area contributed by atoms with Crippen LogP contribution < -0.4 is 15.8 Å². The van der Waals surface area contributed by atoms with Gasteiger partial charge in [0.1, 0.15) is 0 Å². The maximum Gasteiger partial charge on any atom is 0.312 e. The van der Waals surface area contributed by atoms with E-state index >= 15 is 0 Å². The van der Waals surface area contributed by atoms with Crippen molar-refractivity contribution in [2.45, 2.75) is 19.8 Å². The van der Waals surface area contributed by atoms with Gasteiger partial charge in [-0.25, -0.2) is 5.10 Å². The maximum absolute atomic E-state index is 12.2. The van der Waals surface area contributed by atoms with Gasteiger partial charge in [-0.3, -0.25) is 19.2 Å². The molecular formula is C22H20N4O5. The Hall–Kier alpha value is -4.01. The third kappa shape index (κ3) is 4.30. The molecule has 0 radical (unpaired) electrons. The van der Waals surface area contributed by atoms with Crippen molar-refractivity contribution in [2.24, 2.45) is 0 Å². The van der Waals surface area contributed by atoms with Gasteiger partial charge in [-0.2, -0.15) is 5.10 Å². The first kappa shape index (κ1) is 20.3. The molecule has 0 saturated carbocycles. The Kier molecular flexibility index (Phi) is 5.48. The Bertz CT molecular complexity index is 1250. The molecule has 4 rings (SSSR count). The topological polar surface area (TPSA) is 121 Å². The van der Waals surface area contributed by atoms with E-state index in [1.807, 2.05) is 6.07 Å². The second-order valence-electron chi connectivity index (χ2n) is 7.19. The molecule has 1 aromatic heterocycles. The van der Waals surface area contributed by atoms with Gasteiger partial charge in [0, 0.05) is 30.2 Å². The molecular weight excluding hydrogens is 400 g/mol. The summed E-state index contributed by atoms with van der Waals surface area (Å²) in [4.78, 5) is 49.5. The van der Waals surface area contributed by atoms with E-state index in [9.17, 15) is 19.2 Å². The largest absolute Gasteiger partial charge is 0.455 e. The van der Waals surface area contributed by atoms with Gasteiger partial charge in [0.25, 0.3) is 11.5 Å². The van der Waals surface area contributed by atoms with E-state index in [0.717, 1.165) is 11.3 Å². The molecule has 3 aromatic rings. The highest BCUT2D eigenvalue weighted by Crippen LogP contribution is 2.30. The molecule has 0 unspecified atom stereocenters. The number of fused-ring (bicyclic) bond motifs is 2. The number of hydrogen-bond donors (Lipinski definition) is 2. The number of esters is 1. The van der Waals surface area contributed by atoms with Crippen molar-refractivity contribution < 1.29 is 19.1 Å². The summed E-state index contributed by atoms with van der Waals surface area (Å²) in [7, 11) is 0. The highest BCUT2D eigenvalue weighted by molar-refractivity contribution is 5.96. The molecule has 0 atom stereocenters. The van der Waals surface area contributed by atoms with Crippen LogP contribution in [0.15, 0.2) is 47.3 Å². The number of aromatic amines is 1. The quantitative estimate of drug-likeness (QED) is 0.604. The highest BCUT2D eigenvalue weighted by Gasteiger charge is 2.22. The number of ether oxygens (including phenoxy) is 1. The SMILES string of the molecule is CC(=O)N1CCc2cc(NC(=O)COC(=O)Cc3n[nH]c(=O)c4ccccc34)ccc21. The predicted molar refractivity (Wildman–Crippen MR) is 114 cm³/mol. The number of nitrogens with one attached hydrogen (secondary N) is 2. The molecule has 9 heteroatoms. The number of H-pyrrole nitrogens is 1. The Morgan fingerprint density at radius 1 is 1.16 bits per heavy atom. The van der Waals surface area contributed by atoms with Gasteiger partial charge < -0.3 is 15.0 Å². The van der Waals surface area contributed by atoms with Crippen molar-refractivity contribution in [1.82, 2.24) is 10.2 Å². The van der Waals surface area contributed by atoms with Crippen LogP contribution in [0, 0.1) is 0 Å². The number of nitrogens with zero attached hydrogens (tertiary/aromatic N) is 2. The van der Waals surface area contributed by atoms with Crippen molar-refractivity contribution >= 4 is 39.9 Å². The van der Waals surface area contributed by atoms with E-state index in [1.165, 1.54) is 6.92 Å². The van der Waals surface area contributed by atoms with Crippen LogP contribution in [0.2, 0.25) is 0 Å². The van der Waals surface area contributed by atoms with Crippen LogP contribution in [0.3, 0.4) is 0 Å². The Morgan fingerprint density at radius 3 is 2.71 bits per heavy atom. The van der Waals surface area contributed by atoms with Gasteiger partial charge in [0.05, 0.1) is 17.5 Å². The Labute approximate surface area is 177 Å². The Balaban J connectivity index is 1.35. The third-order valence-electron chi connectivity index (χ3n) is 5.09. The van der Waals surface area contributed by atoms with E-state index in [-0.39, 0.29) is 17.9 Å². The lowest BCUT2D eigenvalue weighted by Crippen LogP contribution is -2.25. The van der Waals surface area contributed by atoms with Crippen LogP contribution in [-0.4, -0.2) is 41.1 Å². The molecule has 1 aliphatic heterocycles. The number of amides is 2. The van der Waals surface area contributed by atoms with E-state index in [0.29, 0.717) is 35.1 Å². The van der Waals surface area contributed by atoms with Crippen LogP contribution in [0.1, 0.15) is 18.2 Å². The monoisotopic (exact) mass is 420 g/mol. The van der Waals surface area contributed by atoms with Crippen LogP contribution in [0.5, 0.6) is 0 Å². The summed E-state index contributed by atoms with van der Waals surface area (Å²) in [5.41, 5.74) is 2.42. The van der Waals surface area contributed by atoms with Gasteiger partial charge in [-0.1, -0.05) is 18.2 Å². The summed E-state index contributed by atoms with van der Waals surface area (Å²) in [6.07, 6.45) is 0.540. The summed E-state index contributed by atoms with van der Waals surface area (Å²) in [6.45, 7) is 1.69. The highest BCUT2D eigenvalue weighted by atomic mass is 16.5. The average Bonchev–Trinajstić information content (AvgIpc) is 3.18. The van der Waals surface area contributed by atoms with Crippen molar-refractivity contribution in [3.8, 4) is 0 Å². The van der Waals surface area contributed by atoms with Crippen molar-refractivity contribution in [3.05, 3.63) is 64.1 Å². The van der Waals surface area contributed by atoms with Crippen LogP contribution in [0.25, 0.3) is 10.8 Å². The summed E-state index contributed by atoms with van der Waals surface area (Å²) >= 11 is 0. The van der Waals surface area contributed by atoms with Crippen molar-refractivity contribution in [1.29, 1.82) is 0 Å². The minimum absolute atomic E-state index is 0.0211. The molecule has 31 heavy (non-hydrogen) atoms. The minimum Gasteiger partial charge on any atom is -0.455 e. The third-order valence-corrected chi connectivity index (χ3v) is 5.09. The molecule has 2 amide bonds. The first-order chi connectivity index (χ1) is 14.9. The second kappa shape index (κ2) is 8.39. The van der Waals surface area contributed by atoms with E-state index in [2.05, 4.69) is 15.5 Å². The molecule has 1 aliphatic rings. The molecule has 0 saturated heterocycles. The summed E-state index contributed by atoms with van der Waals surface area (Å²) in [5.74, 6) is -1.13. The molecule has 2 N–H and O–H groups in total. The maximum atomic E-state index is 12.2. The van der Waals surface area contributed by atoms with Gasteiger partial charge >= 0.3 is 5.97 Å². The van der Waals surface area contributed by atoms with Gasteiger partial charge in [0.15, 0.2) is 6.61 Å². The van der Waals surface area contributed by atoms with Crippen LogP contribution in [-0.2, 0) is 32.0 Å². The fraction of sp³-hybridized carbons (Fsp3) is 0.227. The molecule has 158 valence electrons. The van der Waals surface area contributed by atoms with E-state index in [1.54, 1.807) is 41.3 Å². The summed E-state index contributed by atoms with van der Waals surface area (Å²) in [5, 5.41) is 9.96. The first-order valence-corrected chi connectivity index (χ1v) is 9.75. The molecule has 2 aromatic carbocycles. The number of anilines is 2. The normalized spacial score (nSPS) is 12.5. The lowest BCUT2D eigenvalue weighted by molar-refractivity contribution is -0.146. The lowest BCUT2D eigenvalue weighted by Gasteiger charge is -2.15. The van der Waals surface area contributed by atoms with Gasteiger partial charge in [0.2, 0.25) is 5.91 Å². The second-order valence-corrected chi connectivity index (χ2v) is 7.19. The number of benzene rings is 2. The first-order valence-electron chi connectivity index (χ1n) is 9.75. The zero-order valence-corrected chi connectivity index (χ0v) is 16.8. The molecule has 0 spiro atoms. The van der Waals surface area contributed by atoms with Crippen LogP contribution >= 0.6 is 0 Å². The summed E-state index contributed by atoms with van der Waals surface area (Å²) < 4.78 is 5.06. The standard InChI is InChI=1S/C22H20N4O5/c1-13(27)26-9-8-14-10-15(6-7-19(14)26)23-20(28)12-31-21(29)11-18-16-4-2-3-5-17(16)22(30)25-24-18/h2-7,10H,8-9,11-12H2,1H3,(H,23,28)(H,25,30). The van der Waals surface area contributed by atoms with Gasteiger partial charge in [-0.05, 0) is 36.2 Å². The van der Waals surface area contributed by atoms with E-state index < -0.39 is 18.5 Å². The minimum atomic E-state index is -0.633. The Morgan fingerprint density at radius 2 is 1.94 bits per heavy atom. The number of carbonyl (C=O) groups excluding carboxylic acids is 3. The fourth-order valence-corrected chi connectivity index (χ4v) is 3.64. The zero-order chi connectivity index (χ0) is 22.0. The number of carbonyl (C=O) groups is 3. The summed E-state index contributed by atoms with van der Waals surface area (Å²) in [6, 6.07) is 12.1. The van der Waals surface area contributed by atoms with Gasteiger partial charge in [-0.15, -0.1) is 0 Å². The molecule has 2 heterocycles. The number of rotatable bonds is 5. The van der Waals surface area contributed by atoms with Crippen molar-refractivity contribution in [3.63, 3.8) is 0 Å². The number of aromatic nitrogens is 2. The lowest BCUT2D eigenvalue weighted by atomic mass is 10.1. The zero-order valence-electron chi connectivity index (χ0n) is 16.8.